The molecule has 0 aliphatic carbocycles. The number of aromatic nitrogens is 2. The van der Waals surface area contributed by atoms with Crippen LogP contribution in [0.5, 0.6) is 5.75 Å². The molecule has 0 saturated heterocycles. The summed E-state index contributed by atoms with van der Waals surface area (Å²) in [4.78, 5) is 44.6. The van der Waals surface area contributed by atoms with Crippen molar-refractivity contribution in [1.82, 2.24) is 20.6 Å². The number of hydrogen-bond donors (Lipinski definition) is 5. The highest BCUT2D eigenvalue weighted by Crippen LogP contribution is 2.39. The second-order valence-electron chi connectivity index (χ2n) is 8.13. The molecular formula is C25H23F2N7O4S2. The minimum Gasteiger partial charge on any atom is -0.497 e. The molecule has 0 radical (unpaired) electrons. The molecular weight excluding hydrogens is 564 g/mol. The fourth-order valence-corrected chi connectivity index (χ4v) is 5.20. The molecule has 0 aliphatic rings. The zero-order valence-electron chi connectivity index (χ0n) is 21.1. The van der Waals surface area contributed by atoms with Crippen LogP contribution in [0.15, 0.2) is 41.8 Å². The van der Waals surface area contributed by atoms with Gasteiger partial charge in [0, 0.05) is 42.6 Å². The van der Waals surface area contributed by atoms with Gasteiger partial charge >= 0.3 is 6.03 Å². The van der Waals surface area contributed by atoms with E-state index in [1.807, 2.05) is 0 Å². The highest BCUT2D eigenvalue weighted by Gasteiger charge is 2.20. The van der Waals surface area contributed by atoms with Gasteiger partial charge in [-0.2, -0.15) is 0 Å². The number of ether oxygens (including phenoxy) is 1. The molecule has 0 spiro atoms. The topological polar surface area (TPSA) is 160 Å². The van der Waals surface area contributed by atoms with Gasteiger partial charge in [-0.1, -0.05) is 17.4 Å². The van der Waals surface area contributed by atoms with Crippen LogP contribution < -0.4 is 31.7 Å². The van der Waals surface area contributed by atoms with E-state index in [0.29, 0.717) is 21.7 Å². The van der Waals surface area contributed by atoms with Crippen LogP contribution in [0.25, 0.3) is 21.1 Å². The van der Waals surface area contributed by atoms with E-state index in [-0.39, 0.29) is 52.5 Å². The zero-order chi connectivity index (χ0) is 28.8. The Kier molecular flexibility index (Phi) is 8.86. The van der Waals surface area contributed by atoms with E-state index in [9.17, 15) is 23.2 Å². The van der Waals surface area contributed by atoms with Crippen molar-refractivity contribution in [2.75, 3.05) is 36.6 Å². The molecule has 4 rings (SSSR count). The number of benzene rings is 2. The number of thiazole rings is 2. The van der Waals surface area contributed by atoms with Gasteiger partial charge in [0.15, 0.2) is 5.13 Å². The van der Waals surface area contributed by atoms with Crippen LogP contribution in [0.1, 0.15) is 17.3 Å². The Balaban J connectivity index is 1.49. The van der Waals surface area contributed by atoms with Crippen molar-refractivity contribution in [3.63, 3.8) is 0 Å². The van der Waals surface area contributed by atoms with E-state index in [4.69, 9.17) is 10.5 Å². The molecule has 2 aromatic heterocycles. The Bertz CT molecular complexity index is 1570. The first-order chi connectivity index (χ1) is 19.1. The number of anilines is 3. The first-order valence-corrected chi connectivity index (χ1v) is 13.3. The molecule has 0 atom stereocenters. The summed E-state index contributed by atoms with van der Waals surface area (Å²) >= 11 is 2.21. The van der Waals surface area contributed by atoms with Crippen molar-refractivity contribution < 1.29 is 27.9 Å². The van der Waals surface area contributed by atoms with Crippen LogP contribution in [0.2, 0.25) is 0 Å². The van der Waals surface area contributed by atoms with E-state index in [1.165, 1.54) is 26.2 Å². The lowest BCUT2D eigenvalue weighted by atomic mass is 10.1. The summed E-state index contributed by atoms with van der Waals surface area (Å²) < 4.78 is 34.4. The number of carbonyl (C=O) groups excluding carboxylic acids is 3. The first-order valence-electron chi connectivity index (χ1n) is 11.6. The number of carbonyl (C=O) groups is 3. The first kappa shape index (κ1) is 28.4. The lowest BCUT2D eigenvalue weighted by Gasteiger charge is -2.10. The maximum atomic E-state index is 14.8. The van der Waals surface area contributed by atoms with Gasteiger partial charge in [-0.05, 0) is 24.3 Å². The van der Waals surface area contributed by atoms with Crippen LogP contribution in [0.3, 0.4) is 0 Å². The average Bonchev–Trinajstić information content (AvgIpc) is 3.54. The largest absolute Gasteiger partial charge is 0.497 e. The monoisotopic (exact) mass is 587 g/mol. The summed E-state index contributed by atoms with van der Waals surface area (Å²) in [6.45, 7) is 1.84. The molecule has 6 N–H and O–H groups in total. The Morgan fingerprint density at radius 3 is 2.55 bits per heavy atom. The number of amides is 4. The van der Waals surface area contributed by atoms with Crippen LogP contribution in [-0.2, 0) is 4.79 Å². The van der Waals surface area contributed by atoms with Gasteiger partial charge in [0.25, 0.3) is 5.91 Å². The molecule has 0 unspecified atom stereocenters. The molecule has 208 valence electrons. The second kappa shape index (κ2) is 12.5. The second-order valence-corrected chi connectivity index (χ2v) is 9.99. The van der Waals surface area contributed by atoms with Gasteiger partial charge in [0.2, 0.25) is 5.91 Å². The molecule has 2 aromatic carbocycles. The van der Waals surface area contributed by atoms with Crippen LogP contribution in [-0.4, -0.2) is 48.0 Å². The molecule has 0 saturated carbocycles. The minimum absolute atomic E-state index is 0.0372. The predicted octanol–water partition coefficient (Wildman–Crippen LogP) is 4.31. The lowest BCUT2D eigenvalue weighted by molar-refractivity contribution is -0.118. The molecule has 0 aliphatic heterocycles. The van der Waals surface area contributed by atoms with E-state index < -0.39 is 23.6 Å². The molecule has 2 heterocycles. The summed E-state index contributed by atoms with van der Waals surface area (Å²) in [6.07, 6.45) is 0. The van der Waals surface area contributed by atoms with Crippen LogP contribution >= 0.6 is 22.7 Å². The molecule has 15 heteroatoms. The summed E-state index contributed by atoms with van der Waals surface area (Å²) in [5.41, 5.74) is 6.17. The normalized spacial score (nSPS) is 10.6. The van der Waals surface area contributed by atoms with Crippen LogP contribution in [0, 0.1) is 11.6 Å². The minimum atomic E-state index is -0.953. The third-order valence-corrected chi connectivity index (χ3v) is 7.25. The summed E-state index contributed by atoms with van der Waals surface area (Å²) in [5.74, 6) is -2.09. The number of nitrogens with one attached hydrogen (secondary N) is 4. The van der Waals surface area contributed by atoms with Gasteiger partial charge in [-0.15, -0.1) is 11.3 Å². The maximum Gasteiger partial charge on any atom is 0.321 e. The van der Waals surface area contributed by atoms with Crippen molar-refractivity contribution in [2.24, 2.45) is 0 Å². The van der Waals surface area contributed by atoms with Gasteiger partial charge < -0.3 is 26.4 Å². The quantitative estimate of drug-likeness (QED) is 0.182. The number of nitrogen functional groups attached to an aromatic ring is 1. The number of rotatable bonds is 9. The van der Waals surface area contributed by atoms with Crippen LogP contribution in [0.4, 0.5) is 30.2 Å². The van der Waals surface area contributed by atoms with E-state index in [0.717, 1.165) is 28.7 Å². The van der Waals surface area contributed by atoms with E-state index >= 15 is 0 Å². The van der Waals surface area contributed by atoms with Crippen molar-refractivity contribution in [3.8, 4) is 26.9 Å². The Hall–Kier alpha value is -4.63. The van der Waals surface area contributed by atoms with Gasteiger partial charge in [0.1, 0.15) is 33.1 Å². The van der Waals surface area contributed by atoms with Gasteiger partial charge in [-0.25, -0.2) is 23.5 Å². The van der Waals surface area contributed by atoms with Crippen molar-refractivity contribution >= 4 is 57.2 Å². The molecule has 4 amide bonds. The maximum absolute atomic E-state index is 14.8. The standard InChI is InChI=1S/C25H23F2N7O4S2/c1-12(35)29-6-7-30-24(37)34-25-33-21(28)20(40-25)23-32-19(11-39-23)15-9-18(17(27)10-16(15)26)31-22(36)13-4-3-5-14(8-13)38-2/h3-5,8-11H,6-7,28H2,1-2H3,(H,29,35)(H,31,36)(H2,30,33,34,37). The van der Waals surface area contributed by atoms with E-state index in [2.05, 4.69) is 31.2 Å². The van der Waals surface area contributed by atoms with Gasteiger partial charge in [-0.3, -0.25) is 14.9 Å². The zero-order valence-corrected chi connectivity index (χ0v) is 22.8. The molecule has 4 aromatic rings. The van der Waals surface area contributed by atoms with Crippen molar-refractivity contribution in [1.29, 1.82) is 0 Å². The molecule has 11 nitrogen and oxygen atoms in total. The Labute approximate surface area is 234 Å². The lowest BCUT2D eigenvalue weighted by Crippen LogP contribution is -2.36. The Morgan fingerprint density at radius 2 is 1.80 bits per heavy atom. The summed E-state index contributed by atoms with van der Waals surface area (Å²) in [5, 5.41) is 12.3. The third kappa shape index (κ3) is 6.86. The molecule has 0 fully saturated rings. The third-order valence-electron chi connectivity index (χ3n) is 5.27. The SMILES string of the molecule is COc1cccc(C(=O)Nc2cc(-c3csc(-c4sc(NC(=O)NCCNC(C)=O)nc4N)n3)c(F)cc2F)c1. The summed E-state index contributed by atoms with van der Waals surface area (Å²) in [6, 6.07) is 7.59. The fraction of sp³-hybridized carbons (Fsp3) is 0.160. The highest BCUT2D eigenvalue weighted by molar-refractivity contribution is 7.23. The number of urea groups is 1. The van der Waals surface area contributed by atoms with Gasteiger partial charge in [0.05, 0.1) is 18.5 Å². The number of halogens is 2. The number of hydrogen-bond acceptors (Lipinski definition) is 9. The van der Waals surface area contributed by atoms with E-state index in [1.54, 1.807) is 17.5 Å². The highest BCUT2D eigenvalue weighted by atomic mass is 32.1. The number of methoxy groups -OCH3 is 1. The molecule has 40 heavy (non-hydrogen) atoms. The number of nitrogens with two attached hydrogens (primary N) is 1. The fourth-order valence-electron chi connectivity index (χ4n) is 3.40. The van der Waals surface area contributed by atoms with Crippen molar-refractivity contribution in [3.05, 3.63) is 59.0 Å². The number of nitrogens with zero attached hydrogens (tertiary/aromatic N) is 2. The summed E-state index contributed by atoms with van der Waals surface area (Å²) in [7, 11) is 1.46. The van der Waals surface area contributed by atoms with Crippen molar-refractivity contribution in [2.45, 2.75) is 6.92 Å². The Morgan fingerprint density at radius 1 is 1.02 bits per heavy atom. The average molecular weight is 588 g/mol. The predicted molar refractivity (Wildman–Crippen MR) is 150 cm³/mol. The smallest absolute Gasteiger partial charge is 0.321 e. The molecule has 0 bridgehead atoms.